The fourth-order valence-electron chi connectivity index (χ4n) is 4.17. The van der Waals surface area contributed by atoms with Crippen molar-refractivity contribution in [1.82, 2.24) is 0 Å². The summed E-state index contributed by atoms with van der Waals surface area (Å²) in [4.78, 5) is 0. The molecule has 0 aliphatic heterocycles. The van der Waals surface area contributed by atoms with Gasteiger partial charge in [0.25, 0.3) is 0 Å². The lowest BCUT2D eigenvalue weighted by Crippen LogP contribution is -2.34. The van der Waals surface area contributed by atoms with Gasteiger partial charge in [0, 0.05) is 0 Å². The van der Waals surface area contributed by atoms with Gasteiger partial charge in [-0.2, -0.15) is 0 Å². The van der Waals surface area contributed by atoms with E-state index < -0.39 is 0 Å². The molecule has 0 heterocycles. The van der Waals surface area contributed by atoms with Gasteiger partial charge in [-0.05, 0) is 78.0 Å². The number of aryl methyl sites for hydroxylation is 1. The van der Waals surface area contributed by atoms with Crippen LogP contribution in [-0.4, -0.2) is 0 Å². The fraction of sp³-hybridized carbons (Fsp3) is 0.600. The molecule has 0 heteroatoms. The lowest BCUT2D eigenvalue weighted by molar-refractivity contribution is 0.331. The average Bonchev–Trinajstić information content (AvgIpc) is 2.54. The SMILES string of the molecule is C=C/C(=C\CC(C)Cc1cc2c(cc1C)C(C)(C)CCC2(C)C)CC. The van der Waals surface area contributed by atoms with Crippen molar-refractivity contribution in [3.63, 3.8) is 0 Å². The van der Waals surface area contributed by atoms with E-state index in [1.54, 1.807) is 16.7 Å². The van der Waals surface area contributed by atoms with Crippen molar-refractivity contribution in [2.75, 3.05) is 0 Å². The zero-order chi connectivity index (χ0) is 18.8. The molecule has 0 saturated heterocycles. The standard InChI is InChI=1S/C25H38/c1-9-20(10-2)12-11-18(3)15-21-17-23-22(16-19(21)4)24(5,6)13-14-25(23,7)8/h9,12,16-18H,1,10-11,13-15H2,2-8H3/b20-12+. The lowest BCUT2D eigenvalue weighted by Gasteiger charge is -2.42. The highest BCUT2D eigenvalue weighted by Gasteiger charge is 2.37. The molecule has 0 saturated carbocycles. The molecule has 0 aromatic heterocycles. The summed E-state index contributed by atoms with van der Waals surface area (Å²) in [6, 6.07) is 5.04. The summed E-state index contributed by atoms with van der Waals surface area (Å²) in [6.45, 7) is 20.5. The van der Waals surface area contributed by atoms with Crippen LogP contribution in [0.15, 0.2) is 36.4 Å². The molecule has 1 aromatic carbocycles. The van der Waals surface area contributed by atoms with E-state index in [0.29, 0.717) is 16.7 Å². The monoisotopic (exact) mass is 338 g/mol. The molecule has 0 spiro atoms. The van der Waals surface area contributed by atoms with Crippen LogP contribution in [0.5, 0.6) is 0 Å². The van der Waals surface area contributed by atoms with Crippen molar-refractivity contribution in [3.8, 4) is 0 Å². The van der Waals surface area contributed by atoms with Crippen molar-refractivity contribution in [1.29, 1.82) is 0 Å². The first kappa shape index (κ1) is 20.0. The van der Waals surface area contributed by atoms with Crippen LogP contribution in [0.4, 0.5) is 0 Å². The van der Waals surface area contributed by atoms with Gasteiger partial charge < -0.3 is 0 Å². The van der Waals surface area contributed by atoms with Crippen molar-refractivity contribution in [3.05, 3.63) is 58.7 Å². The molecular weight excluding hydrogens is 300 g/mol. The predicted octanol–water partition coefficient (Wildman–Crippen LogP) is 7.44. The van der Waals surface area contributed by atoms with Gasteiger partial charge >= 0.3 is 0 Å². The molecule has 0 fully saturated rings. The Morgan fingerprint density at radius 2 is 1.68 bits per heavy atom. The molecular formula is C25H38. The van der Waals surface area contributed by atoms with Crippen LogP contribution < -0.4 is 0 Å². The highest BCUT2D eigenvalue weighted by atomic mass is 14.4. The Balaban J connectivity index is 2.29. The zero-order valence-corrected chi connectivity index (χ0v) is 17.6. The third-order valence-electron chi connectivity index (χ3n) is 6.33. The maximum atomic E-state index is 3.92. The van der Waals surface area contributed by atoms with Gasteiger partial charge in [-0.25, -0.2) is 0 Å². The molecule has 1 aliphatic rings. The number of allylic oxidation sites excluding steroid dienone is 3. The van der Waals surface area contributed by atoms with Crippen molar-refractivity contribution < 1.29 is 0 Å². The van der Waals surface area contributed by atoms with E-state index in [-0.39, 0.29) is 0 Å². The summed E-state index contributed by atoms with van der Waals surface area (Å²) in [5.41, 5.74) is 8.17. The van der Waals surface area contributed by atoms with Gasteiger partial charge in [-0.3, -0.25) is 0 Å². The topological polar surface area (TPSA) is 0 Å². The third-order valence-corrected chi connectivity index (χ3v) is 6.33. The third kappa shape index (κ3) is 4.46. The van der Waals surface area contributed by atoms with Crippen LogP contribution in [-0.2, 0) is 17.3 Å². The second kappa shape index (κ2) is 7.52. The Morgan fingerprint density at radius 3 is 2.20 bits per heavy atom. The van der Waals surface area contributed by atoms with E-state index in [9.17, 15) is 0 Å². The lowest BCUT2D eigenvalue weighted by atomic mass is 9.62. The number of hydrogen-bond acceptors (Lipinski definition) is 0. The first-order chi connectivity index (χ1) is 11.6. The smallest absolute Gasteiger partial charge is 0.0100 e. The van der Waals surface area contributed by atoms with Crippen LogP contribution in [0.25, 0.3) is 0 Å². The first-order valence-electron chi connectivity index (χ1n) is 10.1. The van der Waals surface area contributed by atoms with Gasteiger partial charge in [0.05, 0.1) is 0 Å². The highest BCUT2D eigenvalue weighted by molar-refractivity contribution is 5.47. The Labute approximate surface area is 156 Å². The molecule has 0 amide bonds. The van der Waals surface area contributed by atoms with Gasteiger partial charge in [0.15, 0.2) is 0 Å². The predicted molar refractivity (Wildman–Crippen MR) is 113 cm³/mol. The summed E-state index contributed by atoms with van der Waals surface area (Å²) in [5, 5.41) is 0. The van der Waals surface area contributed by atoms with Gasteiger partial charge in [0.2, 0.25) is 0 Å². The Bertz CT molecular complexity index is 655. The van der Waals surface area contributed by atoms with E-state index in [1.807, 2.05) is 6.08 Å². The van der Waals surface area contributed by atoms with E-state index >= 15 is 0 Å². The second-order valence-electron chi connectivity index (χ2n) is 9.47. The molecule has 0 radical (unpaired) electrons. The van der Waals surface area contributed by atoms with Crippen molar-refractivity contribution in [2.24, 2.45) is 5.92 Å². The molecule has 1 atom stereocenters. The minimum absolute atomic E-state index is 0.300. The van der Waals surface area contributed by atoms with E-state index in [0.717, 1.165) is 12.8 Å². The molecule has 0 N–H and O–H groups in total. The van der Waals surface area contributed by atoms with E-state index in [2.05, 4.69) is 73.3 Å². The summed E-state index contributed by atoms with van der Waals surface area (Å²) in [7, 11) is 0. The van der Waals surface area contributed by atoms with Crippen LogP contribution >= 0.6 is 0 Å². The molecule has 1 aromatic rings. The van der Waals surface area contributed by atoms with E-state index in [1.165, 1.54) is 30.4 Å². The molecule has 1 aliphatic carbocycles. The number of rotatable bonds is 6. The normalized spacial score (nSPS) is 20.0. The first-order valence-corrected chi connectivity index (χ1v) is 10.1. The van der Waals surface area contributed by atoms with Gasteiger partial charge in [-0.15, -0.1) is 0 Å². The van der Waals surface area contributed by atoms with Gasteiger partial charge in [0.1, 0.15) is 0 Å². The minimum Gasteiger partial charge on any atom is -0.0988 e. The van der Waals surface area contributed by atoms with Crippen LogP contribution in [0.1, 0.15) is 89.5 Å². The summed E-state index contributed by atoms with van der Waals surface area (Å²) < 4.78 is 0. The maximum absolute atomic E-state index is 3.92. The van der Waals surface area contributed by atoms with Crippen LogP contribution in [0.3, 0.4) is 0 Å². The molecule has 0 nitrogen and oxygen atoms in total. The van der Waals surface area contributed by atoms with Crippen molar-refractivity contribution in [2.45, 2.75) is 91.4 Å². The Hall–Kier alpha value is -1.30. The Kier molecular flexibility index (Phi) is 6.02. The van der Waals surface area contributed by atoms with E-state index in [4.69, 9.17) is 0 Å². The zero-order valence-electron chi connectivity index (χ0n) is 17.6. The largest absolute Gasteiger partial charge is 0.0988 e. The molecule has 25 heavy (non-hydrogen) atoms. The van der Waals surface area contributed by atoms with Gasteiger partial charge in [-0.1, -0.05) is 78.0 Å². The number of fused-ring (bicyclic) bond motifs is 1. The summed E-state index contributed by atoms with van der Waals surface area (Å²) >= 11 is 0. The second-order valence-corrected chi connectivity index (χ2v) is 9.47. The molecule has 2 rings (SSSR count). The minimum atomic E-state index is 0.300. The molecule has 1 unspecified atom stereocenters. The summed E-state index contributed by atoms with van der Waals surface area (Å²) in [5.74, 6) is 0.665. The number of benzene rings is 1. The summed E-state index contributed by atoms with van der Waals surface area (Å²) in [6.07, 6.45) is 10.3. The molecule has 138 valence electrons. The van der Waals surface area contributed by atoms with Crippen LogP contribution in [0, 0.1) is 12.8 Å². The quantitative estimate of drug-likeness (QED) is 0.473. The fourth-order valence-corrected chi connectivity index (χ4v) is 4.17. The number of hydrogen-bond donors (Lipinski definition) is 0. The van der Waals surface area contributed by atoms with Crippen LogP contribution in [0.2, 0.25) is 0 Å². The van der Waals surface area contributed by atoms with Crippen molar-refractivity contribution >= 4 is 0 Å². The Morgan fingerprint density at radius 1 is 1.12 bits per heavy atom. The molecule has 0 bridgehead atoms. The highest BCUT2D eigenvalue weighted by Crippen LogP contribution is 2.46. The maximum Gasteiger partial charge on any atom is -0.0100 e. The average molecular weight is 339 g/mol.